The van der Waals surface area contributed by atoms with Crippen molar-refractivity contribution in [1.29, 1.82) is 0 Å². The Morgan fingerprint density at radius 2 is 1.79 bits per heavy atom. The lowest BCUT2D eigenvalue weighted by molar-refractivity contribution is -0.119. The Bertz CT molecular complexity index is 958. The molecule has 0 spiro atoms. The molecule has 28 heavy (non-hydrogen) atoms. The normalized spacial score (nSPS) is 12.5. The zero-order valence-corrected chi connectivity index (χ0v) is 17.1. The summed E-state index contributed by atoms with van der Waals surface area (Å²) in [4.78, 5) is 25.0. The van der Waals surface area contributed by atoms with Crippen molar-refractivity contribution in [1.82, 2.24) is 4.31 Å². The minimum Gasteiger partial charge on any atom is -0.462 e. The number of likely N-dealkylation sites (N-methyl/N-ethyl adjacent to an activating group) is 1. The Kier molecular flexibility index (Phi) is 6.93. The van der Waals surface area contributed by atoms with Crippen LogP contribution >= 0.6 is 0 Å². The van der Waals surface area contributed by atoms with Crippen LogP contribution in [0.1, 0.15) is 34.5 Å². The number of benzene rings is 2. The summed E-state index contributed by atoms with van der Waals surface area (Å²) in [5.74, 6) is -1.02. The number of carbonyl (C=O) groups excluding carboxylic acids is 2. The molecular formula is C20H24N2O5S. The first kappa shape index (κ1) is 21.6. The molecule has 8 heteroatoms. The van der Waals surface area contributed by atoms with Crippen molar-refractivity contribution in [3.63, 3.8) is 0 Å². The fraction of sp³-hybridized carbons (Fsp3) is 0.300. The molecule has 1 amide bonds. The van der Waals surface area contributed by atoms with E-state index in [-0.39, 0.29) is 6.61 Å². The van der Waals surface area contributed by atoms with Crippen LogP contribution in [0.3, 0.4) is 0 Å². The first-order valence-electron chi connectivity index (χ1n) is 8.71. The molecule has 0 bridgehead atoms. The van der Waals surface area contributed by atoms with Crippen LogP contribution in [0.5, 0.6) is 0 Å². The van der Waals surface area contributed by atoms with E-state index in [9.17, 15) is 18.0 Å². The number of carbonyl (C=O) groups is 2. The van der Waals surface area contributed by atoms with Gasteiger partial charge in [0.2, 0.25) is 15.9 Å². The van der Waals surface area contributed by atoms with Gasteiger partial charge in [0.1, 0.15) is 6.04 Å². The third-order valence-corrected chi connectivity index (χ3v) is 5.51. The summed E-state index contributed by atoms with van der Waals surface area (Å²) in [6.07, 6.45) is 1.04. The predicted octanol–water partition coefficient (Wildman–Crippen LogP) is 2.74. The summed E-state index contributed by atoms with van der Waals surface area (Å²) in [5.41, 5.74) is 1.98. The van der Waals surface area contributed by atoms with E-state index < -0.39 is 27.9 Å². The highest BCUT2D eigenvalue weighted by molar-refractivity contribution is 7.88. The Morgan fingerprint density at radius 3 is 2.36 bits per heavy atom. The van der Waals surface area contributed by atoms with E-state index in [0.29, 0.717) is 16.8 Å². The second-order valence-corrected chi connectivity index (χ2v) is 8.37. The van der Waals surface area contributed by atoms with Gasteiger partial charge in [0.25, 0.3) is 0 Å². The Balaban J connectivity index is 2.39. The minimum absolute atomic E-state index is 0.240. The molecule has 0 saturated heterocycles. The smallest absolute Gasteiger partial charge is 0.338 e. The standard InChI is InChI=1S/C20H24N2O5S/c1-5-27-20(24)16-12-11-14(2)17(13-16)21-19(23)18(22(3)28(4,25)26)15-9-7-6-8-10-15/h6-13,18H,5H2,1-4H3,(H,21,23)/t18-/m0/s1. The Morgan fingerprint density at radius 1 is 1.14 bits per heavy atom. The summed E-state index contributed by atoms with van der Waals surface area (Å²) in [6.45, 7) is 3.73. The number of hydrogen-bond donors (Lipinski definition) is 1. The summed E-state index contributed by atoms with van der Waals surface area (Å²) < 4.78 is 30.1. The SMILES string of the molecule is CCOC(=O)c1ccc(C)c(NC(=O)[C@H](c2ccccc2)N(C)S(C)(=O)=O)c1. The van der Waals surface area contributed by atoms with Gasteiger partial charge in [-0.3, -0.25) is 4.79 Å². The molecule has 0 aliphatic heterocycles. The Hall–Kier alpha value is -2.71. The summed E-state index contributed by atoms with van der Waals surface area (Å²) in [6, 6.07) is 12.4. The number of hydrogen-bond acceptors (Lipinski definition) is 5. The van der Waals surface area contributed by atoms with Gasteiger partial charge in [0.15, 0.2) is 0 Å². The number of aryl methyl sites for hydroxylation is 1. The van der Waals surface area contributed by atoms with Gasteiger partial charge in [-0.1, -0.05) is 36.4 Å². The molecule has 0 saturated carbocycles. The molecule has 0 aliphatic rings. The maximum atomic E-state index is 13.0. The van der Waals surface area contributed by atoms with Gasteiger partial charge in [-0.15, -0.1) is 0 Å². The van der Waals surface area contributed by atoms with Gasteiger partial charge < -0.3 is 10.1 Å². The van der Waals surface area contributed by atoms with Crippen LogP contribution in [-0.4, -0.2) is 44.5 Å². The van der Waals surface area contributed by atoms with Crippen LogP contribution in [0.15, 0.2) is 48.5 Å². The maximum Gasteiger partial charge on any atom is 0.338 e. The lowest BCUT2D eigenvalue weighted by atomic mass is 10.1. The third-order valence-electron chi connectivity index (χ3n) is 4.26. The largest absolute Gasteiger partial charge is 0.462 e. The predicted molar refractivity (Wildman–Crippen MR) is 108 cm³/mol. The van der Waals surface area contributed by atoms with E-state index in [1.807, 2.05) is 0 Å². The second-order valence-electron chi connectivity index (χ2n) is 6.33. The molecule has 0 radical (unpaired) electrons. The van der Waals surface area contributed by atoms with Gasteiger partial charge in [-0.05, 0) is 37.1 Å². The first-order chi connectivity index (χ1) is 13.1. The average molecular weight is 404 g/mol. The van der Waals surface area contributed by atoms with E-state index in [1.54, 1.807) is 56.3 Å². The summed E-state index contributed by atoms with van der Waals surface area (Å²) in [7, 11) is -2.27. The molecule has 1 N–H and O–H groups in total. The number of rotatable bonds is 7. The number of nitrogens with one attached hydrogen (secondary N) is 1. The van der Waals surface area contributed by atoms with E-state index in [1.165, 1.54) is 13.1 Å². The first-order valence-corrected chi connectivity index (χ1v) is 10.6. The molecule has 1 atom stereocenters. The molecule has 0 aliphatic carbocycles. The van der Waals surface area contributed by atoms with Crippen molar-refractivity contribution in [3.05, 3.63) is 65.2 Å². The van der Waals surface area contributed by atoms with Gasteiger partial charge in [0, 0.05) is 12.7 Å². The molecule has 0 aromatic heterocycles. The van der Waals surface area contributed by atoms with Gasteiger partial charge in [-0.2, -0.15) is 4.31 Å². The lowest BCUT2D eigenvalue weighted by Crippen LogP contribution is -2.38. The molecule has 0 fully saturated rings. The van der Waals surface area contributed by atoms with Crippen LogP contribution in [0.2, 0.25) is 0 Å². The zero-order chi connectivity index (χ0) is 20.9. The molecule has 150 valence electrons. The number of amides is 1. The second kappa shape index (κ2) is 8.99. The van der Waals surface area contributed by atoms with Crippen molar-refractivity contribution in [2.24, 2.45) is 0 Å². The third kappa shape index (κ3) is 5.17. The van der Waals surface area contributed by atoms with E-state index in [2.05, 4.69) is 5.32 Å². The van der Waals surface area contributed by atoms with Crippen LogP contribution in [0.4, 0.5) is 5.69 Å². The topological polar surface area (TPSA) is 92.8 Å². The highest BCUT2D eigenvalue weighted by Crippen LogP contribution is 2.25. The van der Waals surface area contributed by atoms with E-state index in [4.69, 9.17) is 4.74 Å². The van der Waals surface area contributed by atoms with Crippen LogP contribution in [0.25, 0.3) is 0 Å². The van der Waals surface area contributed by atoms with Crippen molar-refractivity contribution in [3.8, 4) is 0 Å². The summed E-state index contributed by atoms with van der Waals surface area (Å²) in [5, 5.41) is 2.75. The Labute approximate surface area is 165 Å². The highest BCUT2D eigenvalue weighted by atomic mass is 32.2. The van der Waals surface area contributed by atoms with Crippen molar-refractivity contribution < 1.29 is 22.7 Å². The maximum absolute atomic E-state index is 13.0. The van der Waals surface area contributed by atoms with Crippen LogP contribution in [-0.2, 0) is 19.6 Å². The number of nitrogens with zero attached hydrogens (tertiary/aromatic N) is 1. The van der Waals surface area contributed by atoms with E-state index in [0.717, 1.165) is 16.1 Å². The van der Waals surface area contributed by atoms with Gasteiger partial charge >= 0.3 is 5.97 Å². The zero-order valence-electron chi connectivity index (χ0n) is 16.3. The summed E-state index contributed by atoms with van der Waals surface area (Å²) >= 11 is 0. The fourth-order valence-electron chi connectivity index (χ4n) is 2.65. The molecule has 0 unspecified atom stereocenters. The number of ether oxygens (including phenoxy) is 1. The lowest BCUT2D eigenvalue weighted by Gasteiger charge is -2.26. The van der Waals surface area contributed by atoms with Gasteiger partial charge in [-0.25, -0.2) is 13.2 Å². The number of sulfonamides is 1. The van der Waals surface area contributed by atoms with Crippen LogP contribution in [0, 0.1) is 6.92 Å². The van der Waals surface area contributed by atoms with Gasteiger partial charge in [0.05, 0.1) is 18.4 Å². The average Bonchev–Trinajstić information content (AvgIpc) is 2.64. The molecule has 2 aromatic rings. The number of anilines is 1. The monoisotopic (exact) mass is 404 g/mol. The van der Waals surface area contributed by atoms with Crippen molar-refractivity contribution in [2.75, 3.05) is 25.2 Å². The minimum atomic E-state index is -3.63. The van der Waals surface area contributed by atoms with Crippen molar-refractivity contribution in [2.45, 2.75) is 19.9 Å². The molecular weight excluding hydrogens is 380 g/mol. The molecule has 2 rings (SSSR count). The molecule has 7 nitrogen and oxygen atoms in total. The van der Waals surface area contributed by atoms with Crippen LogP contribution < -0.4 is 5.32 Å². The number of esters is 1. The fourth-order valence-corrected chi connectivity index (χ4v) is 3.25. The highest BCUT2D eigenvalue weighted by Gasteiger charge is 2.31. The molecule has 2 aromatic carbocycles. The van der Waals surface area contributed by atoms with Crippen molar-refractivity contribution >= 4 is 27.6 Å². The molecule has 0 heterocycles. The van der Waals surface area contributed by atoms with E-state index >= 15 is 0 Å². The quantitative estimate of drug-likeness (QED) is 0.717.